The summed E-state index contributed by atoms with van der Waals surface area (Å²) < 4.78 is 13.7. The van der Waals surface area contributed by atoms with Crippen molar-refractivity contribution in [1.29, 1.82) is 0 Å². The van der Waals surface area contributed by atoms with Crippen molar-refractivity contribution in [3.05, 3.63) is 350 Å². The molecule has 1 aliphatic carbocycles. The Morgan fingerprint density at radius 1 is 0.247 bits per heavy atom. The molecule has 4 heteroatoms. The maximum absolute atomic E-state index is 6.88. The molecule has 2 aromatic heterocycles. The van der Waals surface area contributed by atoms with Gasteiger partial charge in [0.2, 0.25) is 0 Å². The lowest BCUT2D eigenvalue weighted by atomic mass is 9.65. The molecule has 416 valence electrons. The molecule has 0 saturated heterocycles. The molecule has 0 atom stereocenters. The van der Waals surface area contributed by atoms with Gasteiger partial charge in [0.25, 0.3) is 0 Å². The molecule has 0 saturated carbocycles. The Bertz CT molecular complexity index is 5560. The molecule has 1 aliphatic rings. The Kier molecular flexibility index (Phi) is 11.5. The van der Waals surface area contributed by atoms with Crippen LogP contribution in [-0.2, 0) is 5.41 Å². The summed E-state index contributed by atoms with van der Waals surface area (Å²) in [4.78, 5) is 4.76. The van der Waals surface area contributed by atoms with E-state index >= 15 is 0 Å². The van der Waals surface area contributed by atoms with Crippen molar-refractivity contribution in [2.24, 2.45) is 0 Å². The van der Waals surface area contributed by atoms with Gasteiger partial charge in [-0.05, 0) is 161 Å². The number of hydrogen-bond donors (Lipinski definition) is 0. The first kappa shape index (κ1) is 50.6. The second kappa shape index (κ2) is 20.2. The third-order valence-electron chi connectivity index (χ3n) is 18.7. The fourth-order valence-corrected chi connectivity index (χ4v) is 14.8. The number of fused-ring (bicyclic) bond motifs is 16. The lowest BCUT2D eigenvalue weighted by Crippen LogP contribution is -2.29. The number of furan rings is 2. The monoisotopic (exact) mass is 1130 g/mol. The minimum atomic E-state index is -0.766. The molecule has 2 heterocycles. The Morgan fingerprint density at radius 3 is 1.19 bits per heavy atom. The summed E-state index contributed by atoms with van der Waals surface area (Å²) in [5.74, 6) is 0. The third-order valence-corrected chi connectivity index (χ3v) is 18.7. The highest BCUT2D eigenvalue weighted by molar-refractivity contribution is 6.22. The molecular formula is C85H54N2O2. The van der Waals surface area contributed by atoms with Gasteiger partial charge in [-0.2, -0.15) is 0 Å². The van der Waals surface area contributed by atoms with Crippen molar-refractivity contribution >= 4 is 110 Å². The number of para-hydroxylation sites is 4. The van der Waals surface area contributed by atoms with Gasteiger partial charge in [-0.15, -0.1) is 0 Å². The van der Waals surface area contributed by atoms with Crippen molar-refractivity contribution in [2.45, 2.75) is 5.41 Å². The van der Waals surface area contributed by atoms with Crippen molar-refractivity contribution in [3.63, 3.8) is 0 Å². The fourth-order valence-electron chi connectivity index (χ4n) is 14.8. The van der Waals surface area contributed by atoms with E-state index in [4.69, 9.17) is 8.83 Å². The summed E-state index contributed by atoms with van der Waals surface area (Å²) in [5.41, 5.74) is 20.8. The van der Waals surface area contributed by atoms with Crippen molar-refractivity contribution in [3.8, 4) is 33.4 Å². The number of hydrogen-bond acceptors (Lipinski definition) is 4. The van der Waals surface area contributed by atoms with E-state index in [1.165, 1.54) is 71.4 Å². The smallest absolute Gasteiger partial charge is 0.159 e. The van der Waals surface area contributed by atoms with Crippen molar-refractivity contribution in [2.75, 3.05) is 9.80 Å². The molecule has 0 unspecified atom stereocenters. The molecule has 15 aromatic carbocycles. The zero-order chi connectivity index (χ0) is 58.6. The Morgan fingerprint density at radius 2 is 0.663 bits per heavy atom. The Hall–Kier alpha value is -11.7. The lowest BCUT2D eigenvalue weighted by Gasteiger charge is -2.36. The van der Waals surface area contributed by atoms with Crippen LogP contribution in [-0.4, -0.2) is 0 Å². The number of benzene rings is 15. The topological polar surface area (TPSA) is 32.8 Å². The molecule has 89 heavy (non-hydrogen) atoms. The zero-order valence-corrected chi connectivity index (χ0v) is 48.4. The summed E-state index contributed by atoms with van der Waals surface area (Å²) in [6.07, 6.45) is 0. The summed E-state index contributed by atoms with van der Waals surface area (Å²) in [7, 11) is 0. The number of rotatable bonds is 10. The Labute approximate surface area is 514 Å². The molecular weight excluding hydrogens is 1080 g/mol. The predicted octanol–water partition coefficient (Wildman–Crippen LogP) is 23.6. The van der Waals surface area contributed by atoms with E-state index in [0.717, 1.165) is 94.5 Å². The van der Waals surface area contributed by atoms with Crippen LogP contribution in [0.1, 0.15) is 22.3 Å². The average molecular weight is 1140 g/mol. The van der Waals surface area contributed by atoms with Gasteiger partial charge in [-0.3, -0.25) is 0 Å². The van der Waals surface area contributed by atoms with Gasteiger partial charge in [0.05, 0.1) is 16.8 Å². The molecule has 17 aromatic rings. The standard InChI is InChI=1S/C85H54N2O2/c1-5-21-55(22-6-1)57-39-44-62(45-40-57)86(76-35-19-33-72-68-30-15-17-37-78(68)88-83(72)76)64-48-51-66-59(53-64)43-50-74-80-70-32-14-13-29-67(70)75-54-65(49-52-71(75)82(80)85(81(66)74,60-25-9-3-10-26-60)61-27-11-4-12-28-61)87(63-46-41-58(42-47-63)56-23-7-2-8-24-56)77-36-20-34-73-69-31-16-18-38-79(69)89-84(73)77/h1-54H. The first-order valence-corrected chi connectivity index (χ1v) is 30.6. The quantitative estimate of drug-likeness (QED) is 0.128. The summed E-state index contributed by atoms with van der Waals surface area (Å²) in [6.45, 7) is 0. The van der Waals surface area contributed by atoms with E-state index in [0.29, 0.717) is 0 Å². The van der Waals surface area contributed by atoms with Crippen LogP contribution in [0.2, 0.25) is 0 Å². The van der Waals surface area contributed by atoms with E-state index in [1.54, 1.807) is 0 Å². The molecule has 0 bridgehead atoms. The molecule has 0 aliphatic heterocycles. The molecule has 0 amide bonds. The minimum absolute atomic E-state index is 0.766. The van der Waals surface area contributed by atoms with Crippen molar-refractivity contribution < 1.29 is 8.83 Å². The second-order valence-electron chi connectivity index (χ2n) is 23.4. The highest BCUT2D eigenvalue weighted by Gasteiger charge is 2.49. The predicted molar refractivity (Wildman–Crippen MR) is 371 cm³/mol. The average Bonchev–Trinajstić information content (AvgIpc) is 1.54. The van der Waals surface area contributed by atoms with E-state index in [2.05, 4.69) is 325 Å². The first-order chi connectivity index (χ1) is 44.2. The van der Waals surface area contributed by atoms with Gasteiger partial charge >= 0.3 is 0 Å². The van der Waals surface area contributed by atoms with Gasteiger partial charge in [-0.25, -0.2) is 0 Å². The van der Waals surface area contributed by atoms with Crippen LogP contribution >= 0.6 is 0 Å². The molecule has 18 rings (SSSR count). The maximum atomic E-state index is 6.88. The molecule has 4 nitrogen and oxygen atoms in total. The normalized spacial score (nSPS) is 12.6. The summed E-state index contributed by atoms with van der Waals surface area (Å²) in [6, 6.07) is 120. The number of nitrogens with zero attached hydrogens (tertiary/aromatic N) is 2. The third kappa shape index (κ3) is 7.80. The van der Waals surface area contributed by atoms with Gasteiger partial charge < -0.3 is 18.6 Å². The van der Waals surface area contributed by atoms with Crippen LogP contribution in [0.25, 0.3) is 110 Å². The molecule has 0 fully saturated rings. The minimum Gasteiger partial charge on any atom is -0.454 e. The highest BCUT2D eigenvalue weighted by Crippen LogP contribution is 2.62. The van der Waals surface area contributed by atoms with Gasteiger partial charge in [0, 0.05) is 44.3 Å². The summed E-state index contributed by atoms with van der Waals surface area (Å²) in [5, 5.41) is 11.4. The van der Waals surface area contributed by atoms with Gasteiger partial charge in [0.15, 0.2) is 11.2 Å². The second-order valence-corrected chi connectivity index (χ2v) is 23.4. The van der Waals surface area contributed by atoms with E-state index in [1.807, 2.05) is 12.1 Å². The van der Waals surface area contributed by atoms with Crippen LogP contribution < -0.4 is 9.80 Å². The van der Waals surface area contributed by atoms with Crippen LogP contribution in [0.3, 0.4) is 0 Å². The number of anilines is 6. The van der Waals surface area contributed by atoms with E-state index < -0.39 is 5.41 Å². The van der Waals surface area contributed by atoms with Crippen LogP contribution in [0.15, 0.2) is 336 Å². The van der Waals surface area contributed by atoms with Crippen LogP contribution in [0.5, 0.6) is 0 Å². The zero-order valence-electron chi connectivity index (χ0n) is 48.4. The van der Waals surface area contributed by atoms with Crippen LogP contribution in [0, 0.1) is 0 Å². The maximum Gasteiger partial charge on any atom is 0.159 e. The van der Waals surface area contributed by atoms with E-state index in [9.17, 15) is 0 Å². The molecule has 0 spiro atoms. The Balaban J connectivity index is 0.880. The van der Waals surface area contributed by atoms with Crippen LogP contribution in [0.4, 0.5) is 34.1 Å². The van der Waals surface area contributed by atoms with Crippen molar-refractivity contribution in [1.82, 2.24) is 0 Å². The first-order valence-electron chi connectivity index (χ1n) is 30.6. The molecule has 0 N–H and O–H groups in total. The van der Waals surface area contributed by atoms with Gasteiger partial charge in [-0.1, -0.05) is 255 Å². The molecule has 0 radical (unpaired) electrons. The highest BCUT2D eigenvalue weighted by atomic mass is 16.3. The van der Waals surface area contributed by atoms with Gasteiger partial charge in [0.1, 0.15) is 11.2 Å². The van der Waals surface area contributed by atoms with E-state index in [-0.39, 0.29) is 0 Å². The largest absolute Gasteiger partial charge is 0.454 e. The summed E-state index contributed by atoms with van der Waals surface area (Å²) >= 11 is 0. The fraction of sp³-hybridized carbons (Fsp3) is 0.0118. The SMILES string of the molecule is c1ccc(-c2ccc(N(c3ccc4c5c(ccc4c3)-c3c(c4ccc(N(c6ccc(-c7ccccc7)cc6)c6cccc7c6oc6ccccc67)cc4c4ccccc34)C5(c3ccccc3)c3ccccc3)c3cccc4c3oc3ccccc34)cc2)cc1. The lowest BCUT2D eigenvalue weighted by molar-refractivity contribution is 0.668.